The van der Waals surface area contributed by atoms with Gasteiger partial charge in [-0.25, -0.2) is 0 Å². The smallest absolute Gasteiger partial charge is 0.120 e. The monoisotopic (exact) mass is 303 g/mol. The summed E-state index contributed by atoms with van der Waals surface area (Å²) in [5.74, 6) is 0.877. The van der Waals surface area contributed by atoms with E-state index >= 15 is 0 Å². The summed E-state index contributed by atoms with van der Waals surface area (Å²) in [6, 6.07) is 14.2. The highest BCUT2D eigenvalue weighted by Crippen LogP contribution is 2.20. The first-order valence-corrected chi connectivity index (χ1v) is 7.74. The molecule has 0 bridgehead atoms. The number of ether oxygens (including phenoxy) is 1. The van der Waals surface area contributed by atoms with Gasteiger partial charge >= 0.3 is 0 Å². The van der Waals surface area contributed by atoms with Gasteiger partial charge in [0, 0.05) is 17.1 Å². The lowest BCUT2D eigenvalue weighted by atomic mass is 10.1. The number of hydrogen-bond donors (Lipinski definition) is 1. The van der Waals surface area contributed by atoms with Crippen LogP contribution in [-0.4, -0.2) is 6.54 Å². The standard InChI is InChI=1S/C18H22ClNO/c1-3-9-20-12-15-5-4-6-17(11-15)21-13-16-8-7-14(2)10-18(16)19/h4-8,10-11,20H,3,9,12-13H2,1-2H3. The lowest BCUT2D eigenvalue weighted by Gasteiger charge is -2.10. The van der Waals surface area contributed by atoms with Gasteiger partial charge in [-0.05, 0) is 49.2 Å². The zero-order valence-electron chi connectivity index (χ0n) is 12.7. The van der Waals surface area contributed by atoms with Crippen molar-refractivity contribution in [2.75, 3.05) is 6.54 Å². The van der Waals surface area contributed by atoms with Crippen LogP contribution in [0.2, 0.25) is 5.02 Å². The first-order chi connectivity index (χ1) is 10.2. The Morgan fingerprint density at radius 2 is 2.00 bits per heavy atom. The Morgan fingerprint density at radius 1 is 1.14 bits per heavy atom. The fraction of sp³-hybridized carbons (Fsp3) is 0.333. The molecule has 0 amide bonds. The summed E-state index contributed by atoms with van der Waals surface area (Å²) in [6.07, 6.45) is 1.14. The van der Waals surface area contributed by atoms with Gasteiger partial charge in [0.25, 0.3) is 0 Å². The van der Waals surface area contributed by atoms with E-state index in [1.165, 1.54) is 5.56 Å². The molecule has 0 fully saturated rings. The van der Waals surface area contributed by atoms with Gasteiger partial charge in [-0.1, -0.05) is 42.8 Å². The van der Waals surface area contributed by atoms with Gasteiger partial charge in [0.15, 0.2) is 0 Å². The van der Waals surface area contributed by atoms with Gasteiger partial charge in [-0.3, -0.25) is 0 Å². The van der Waals surface area contributed by atoms with Crippen molar-refractivity contribution >= 4 is 11.6 Å². The van der Waals surface area contributed by atoms with E-state index in [1.807, 2.05) is 31.2 Å². The van der Waals surface area contributed by atoms with E-state index in [1.54, 1.807) is 0 Å². The van der Waals surface area contributed by atoms with Gasteiger partial charge in [-0.2, -0.15) is 0 Å². The zero-order chi connectivity index (χ0) is 15.1. The Bertz CT molecular complexity index is 583. The molecule has 1 N–H and O–H groups in total. The number of halogens is 1. The minimum Gasteiger partial charge on any atom is -0.489 e. The van der Waals surface area contributed by atoms with E-state index in [4.69, 9.17) is 16.3 Å². The highest BCUT2D eigenvalue weighted by atomic mass is 35.5. The molecule has 0 aliphatic heterocycles. The molecule has 0 aliphatic rings. The lowest BCUT2D eigenvalue weighted by Crippen LogP contribution is -2.13. The van der Waals surface area contributed by atoms with Crippen LogP contribution in [0.3, 0.4) is 0 Å². The molecule has 2 nitrogen and oxygen atoms in total. The van der Waals surface area contributed by atoms with E-state index in [0.29, 0.717) is 6.61 Å². The normalized spacial score (nSPS) is 10.6. The van der Waals surface area contributed by atoms with Gasteiger partial charge in [0.1, 0.15) is 12.4 Å². The summed E-state index contributed by atoms with van der Waals surface area (Å²) in [5.41, 5.74) is 3.40. The van der Waals surface area contributed by atoms with Crippen LogP contribution >= 0.6 is 11.6 Å². The molecule has 0 atom stereocenters. The SMILES string of the molecule is CCCNCc1cccc(OCc2ccc(C)cc2Cl)c1. The quantitative estimate of drug-likeness (QED) is 0.747. The van der Waals surface area contributed by atoms with E-state index < -0.39 is 0 Å². The Morgan fingerprint density at radius 3 is 2.76 bits per heavy atom. The summed E-state index contributed by atoms with van der Waals surface area (Å²) in [7, 11) is 0. The van der Waals surface area contributed by atoms with Crippen LogP contribution < -0.4 is 10.1 Å². The van der Waals surface area contributed by atoms with Crippen molar-refractivity contribution in [1.82, 2.24) is 5.32 Å². The van der Waals surface area contributed by atoms with Crippen molar-refractivity contribution in [3.63, 3.8) is 0 Å². The highest BCUT2D eigenvalue weighted by Gasteiger charge is 2.02. The molecular weight excluding hydrogens is 282 g/mol. The van der Waals surface area contributed by atoms with Crippen molar-refractivity contribution in [2.45, 2.75) is 33.4 Å². The first kappa shape index (κ1) is 15.9. The average molecular weight is 304 g/mol. The summed E-state index contributed by atoms with van der Waals surface area (Å²) >= 11 is 6.22. The van der Waals surface area contributed by atoms with Crippen LogP contribution in [-0.2, 0) is 13.2 Å². The second-order valence-electron chi connectivity index (χ2n) is 5.21. The second-order valence-corrected chi connectivity index (χ2v) is 5.61. The maximum Gasteiger partial charge on any atom is 0.120 e. The summed E-state index contributed by atoms with van der Waals surface area (Å²) in [5, 5.41) is 4.15. The molecule has 112 valence electrons. The van der Waals surface area contributed by atoms with E-state index in [2.05, 4.69) is 30.4 Å². The van der Waals surface area contributed by atoms with Crippen molar-refractivity contribution in [2.24, 2.45) is 0 Å². The molecule has 0 spiro atoms. The molecule has 3 heteroatoms. The molecule has 0 radical (unpaired) electrons. The number of aryl methyl sites for hydroxylation is 1. The highest BCUT2D eigenvalue weighted by molar-refractivity contribution is 6.31. The Kier molecular flexibility index (Phi) is 6.09. The summed E-state index contributed by atoms with van der Waals surface area (Å²) in [6.45, 7) is 6.59. The molecule has 0 heterocycles. The average Bonchev–Trinajstić information content (AvgIpc) is 2.47. The molecule has 0 aliphatic carbocycles. The second kappa shape index (κ2) is 8.06. The number of hydrogen-bond acceptors (Lipinski definition) is 2. The predicted octanol–water partition coefficient (Wildman–Crippen LogP) is 4.73. The largest absolute Gasteiger partial charge is 0.489 e. The fourth-order valence-electron chi connectivity index (χ4n) is 2.09. The number of benzene rings is 2. The molecule has 0 unspecified atom stereocenters. The molecule has 0 saturated heterocycles. The zero-order valence-corrected chi connectivity index (χ0v) is 13.4. The van der Waals surface area contributed by atoms with Crippen molar-refractivity contribution in [1.29, 1.82) is 0 Å². The van der Waals surface area contributed by atoms with Gasteiger partial charge in [0.2, 0.25) is 0 Å². The molecule has 2 aromatic carbocycles. The van der Waals surface area contributed by atoms with Crippen molar-refractivity contribution < 1.29 is 4.74 Å². The maximum absolute atomic E-state index is 6.22. The van der Waals surface area contributed by atoms with Crippen LogP contribution in [0.4, 0.5) is 0 Å². The maximum atomic E-state index is 6.22. The molecule has 0 saturated carbocycles. The van der Waals surface area contributed by atoms with Crippen LogP contribution in [0.1, 0.15) is 30.0 Å². The minimum absolute atomic E-state index is 0.491. The van der Waals surface area contributed by atoms with E-state index in [-0.39, 0.29) is 0 Å². The molecular formula is C18H22ClNO. The fourth-order valence-corrected chi connectivity index (χ4v) is 2.37. The number of nitrogens with one attached hydrogen (secondary N) is 1. The third-order valence-corrected chi connectivity index (χ3v) is 3.61. The summed E-state index contributed by atoms with van der Waals surface area (Å²) in [4.78, 5) is 0. The predicted molar refractivity (Wildman–Crippen MR) is 89.0 cm³/mol. The first-order valence-electron chi connectivity index (χ1n) is 7.36. The molecule has 21 heavy (non-hydrogen) atoms. The minimum atomic E-state index is 0.491. The summed E-state index contributed by atoms with van der Waals surface area (Å²) < 4.78 is 5.85. The topological polar surface area (TPSA) is 21.3 Å². The van der Waals surface area contributed by atoms with Crippen molar-refractivity contribution in [3.8, 4) is 5.75 Å². The van der Waals surface area contributed by atoms with Crippen LogP contribution in [0.5, 0.6) is 5.75 Å². The van der Waals surface area contributed by atoms with E-state index in [0.717, 1.165) is 41.4 Å². The molecule has 2 aromatic rings. The van der Waals surface area contributed by atoms with Crippen LogP contribution in [0.25, 0.3) is 0 Å². The lowest BCUT2D eigenvalue weighted by molar-refractivity contribution is 0.306. The van der Waals surface area contributed by atoms with E-state index in [9.17, 15) is 0 Å². The Hall–Kier alpha value is -1.51. The van der Waals surface area contributed by atoms with Crippen LogP contribution in [0, 0.1) is 6.92 Å². The van der Waals surface area contributed by atoms with Gasteiger partial charge in [0.05, 0.1) is 0 Å². The third-order valence-electron chi connectivity index (χ3n) is 3.26. The molecule has 2 rings (SSSR count). The Labute approximate surface area is 132 Å². The Balaban J connectivity index is 1.95. The van der Waals surface area contributed by atoms with Gasteiger partial charge in [-0.15, -0.1) is 0 Å². The van der Waals surface area contributed by atoms with Gasteiger partial charge < -0.3 is 10.1 Å². The van der Waals surface area contributed by atoms with Crippen molar-refractivity contribution in [3.05, 3.63) is 64.2 Å². The third kappa shape index (κ3) is 5.07. The number of rotatable bonds is 7. The van der Waals surface area contributed by atoms with Crippen LogP contribution in [0.15, 0.2) is 42.5 Å². The molecule has 0 aromatic heterocycles.